The van der Waals surface area contributed by atoms with Crippen LogP contribution in [0.1, 0.15) is 32.8 Å². The van der Waals surface area contributed by atoms with Crippen molar-refractivity contribution < 1.29 is 0 Å². The van der Waals surface area contributed by atoms with Gasteiger partial charge in [0.1, 0.15) is 0 Å². The maximum Gasteiger partial charge on any atom is 0.00104 e. The molecule has 0 radical (unpaired) electrons. The highest BCUT2D eigenvalue weighted by atomic mass is 14.9. The Morgan fingerprint density at radius 2 is 1.74 bits per heavy atom. The Bertz CT molecular complexity index is 511. The number of rotatable bonds is 6. The van der Waals surface area contributed by atoms with Gasteiger partial charge in [-0.05, 0) is 35.2 Å². The second-order valence-electron chi connectivity index (χ2n) is 5.68. The predicted octanol–water partition coefficient (Wildman–Crippen LogP) is 4.41. The van der Waals surface area contributed by atoms with Gasteiger partial charge in [0.25, 0.3) is 0 Å². The van der Waals surface area contributed by atoms with Gasteiger partial charge in [0, 0.05) is 6.04 Å². The van der Waals surface area contributed by atoms with Gasteiger partial charge in [-0.15, -0.1) is 0 Å². The standard InChI is InChI=1S/C18H25N/c1-4-15(13-19-14(2)3)12-17-10-7-9-16-8-5-6-11-18(16)17/h5-11,14-15,19H,4,12-13H2,1-3H3. The molecule has 1 nitrogen and oxygen atoms in total. The Labute approximate surface area is 117 Å². The molecule has 0 fully saturated rings. The van der Waals surface area contributed by atoms with E-state index in [9.17, 15) is 0 Å². The minimum absolute atomic E-state index is 0.571. The fourth-order valence-corrected chi connectivity index (χ4v) is 2.54. The van der Waals surface area contributed by atoms with Gasteiger partial charge < -0.3 is 5.32 Å². The average molecular weight is 255 g/mol. The van der Waals surface area contributed by atoms with E-state index in [0.29, 0.717) is 12.0 Å². The van der Waals surface area contributed by atoms with Crippen LogP contribution in [0.15, 0.2) is 42.5 Å². The van der Waals surface area contributed by atoms with Crippen molar-refractivity contribution >= 4 is 10.8 Å². The summed E-state index contributed by atoms with van der Waals surface area (Å²) in [6.07, 6.45) is 2.39. The van der Waals surface area contributed by atoms with E-state index >= 15 is 0 Å². The molecule has 0 spiro atoms. The van der Waals surface area contributed by atoms with Crippen molar-refractivity contribution in [1.29, 1.82) is 0 Å². The highest BCUT2D eigenvalue weighted by molar-refractivity contribution is 5.85. The molecule has 0 aliphatic heterocycles. The summed E-state index contributed by atoms with van der Waals surface area (Å²) < 4.78 is 0. The molecule has 0 bridgehead atoms. The fraction of sp³-hybridized carbons (Fsp3) is 0.444. The van der Waals surface area contributed by atoms with Crippen LogP contribution in [0.3, 0.4) is 0 Å². The lowest BCUT2D eigenvalue weighted by molar-refractivity contribution is 0.437. The van der Waals surface area contributed by atoms with Gasteiger partial charge in [0.05, 0.1) is 0 Å². The van der Waals surface area contributed by atoms with Crippen LogP contribution in [0.25, 0.3) is 10.8 Å². The summed E-state index contributed by atoms with van der Waals surface area (Å²) in [5.41, 5.74) is 1.48. The number of nitrogens with one attached hydrogen (secondary N) is 1. The molecule has 0 aliphatic carbocycles. The fourth-order valence-electron chi connectivity index (χ4n) is 2.54. The van der Waals surface area contributed by atoms with Crippen LogP contribution >= 0.6 is 0 Å². The molecule has 0 saturated carbocycles. The molecule has 2 aromatic carbocycles. The molecule has 2 rings (SSSR count). The molecule has 1 unspecified atom stereocenters. The molecular formula is C18H25N. The second kappa shape index (κ2) is 6.72. The summed E-state index contributed by atoms with van der Waals surface area (Å²) in [6.45, 7) is 7.82. The Balaban J connectivity index is 2.15. The molecular weight excluding hydrogens is 230 g/mol. The minimum Gasteiger partial charge on any atom is -0.314 e. The lowest BCUT2D eigenvalue weighted by Crippen LogP contribution is -2.29. The van der Waals surface area contributed by atoms with E-state index in [1.807, 2.05) is 0 Å². The average Bonchev–Trinajstić information content (AvgIpc) is 2.43. The first kappa shape index (κ1) is 14.1. The Kier molecular flexibility index (Phi) is 4.98. The molecule has 0 amide bonds. The van der Waals surface area contributed by atoms with Crippen molar-refractivity contribution in [2.24, 2.45) is 5.92 Å². The second-order valence-corrected chi connectivity index (χ2v) is 5.68. The molecule has 1 heteroatoms. The van der Waals surface area contributed by atoms with Crippen molar-refractivity contribution in [3.05, 3.63) is 48.0 Å². The zero-order valence-electron chi connectivity index (χ0n) is 12.3. The van der Waals surface area contributed by atoms with Gasteiger partial charge in [-0.3, -0.25) is 0 Å². The van der Waals surface area contributed by atoms with E-state index < -0.39 is 0 Å². The molecule has 0 aromatic heterocycles. The van der Waals surface area contributed by atoms with Gasteiger partial charge >= 0.3 is 0 Å². The maximum absolute atomic E-state index is 3.56. The largest absolute Gasteiger partial charge is 0.314 e. The number of benzene rings is 2. The van der Waals surface area contributed by atoms with Crippen LogP contribution in [-0.2, 0) is 6.42 Å². The number of hydrogen-bond acceptors (Lipinski definition) is 1. The van der Waals surface area contributed by atoms with Crippen molar-refractivity contribution in [3.8, 4) is 0 Å². The molecule has 0 heterocycles. The van der Waals surface area contributed by atoms with E-state index in [2.05, 4.69) is 68.6 Å². The molecule has 0 aliphatic rings. The summed E-state index contributed by atoms with van der Waals surface area (Å²) in [5, 5.41) is 6.33. The topological polar surface area (TPSA) is 12.0 Å². The van der Waals surface area contributed by atoms with E-state index in [0.717, 1.165) is 13.0 Å². The molecule has 102 valence electrons. The quantitative estimate of drug-likeness (QED) is 0.806. The smallest absolute Gasteiger partial charge is 0.00104 e. The Morgan fingerprint density at radius 1 is 1.00 bits per heavy atom. The molecule has 1 atom stereocenters. The number of fused-ring (bicyclic) bond motifs is 1. The van der Waals surface area contributed by atoms with Gasteiger partial charge in [-0.2, -0.15) is 0 Å². The van der Waals surface area contributed by atoms with Crippen LogP contribution in [0.4, 0.5) is 0 Å². The summed E-state index contributed by atoms with van der Waals surface area (Å²) in [6, 6.07) is 15.9. The van der Waals surface area contributed by atoms with Crippen LogP contribution < -0.4 is 5.32 Å². The lowest BCUT2D eigenvalue weighted by Gasteiger charge is -2.18. The third-order valence-electron chi connectivity index (χ3n) is 3.78. The highest BCUT2D eigenvalue weighted by Gasteiger charge is 2.10. The summed E-state index contributed by atoms with van der Waals surface area (Å²) >= 11 is 0. The summed E-state index contributed by atoms with van der Waals surface area (Å²) in [5.74, 6) is 0.716. The summed E-state index contributed by atoms with van der Waals surface area (Å²) in [4.78, 5) is 0. The zero-order valence-corrected chi connectivity index (χ0v) is 12.3. The monoisotopic (exact) mass is 255 g/mol. The highest BCUT2D eigenvalue weighted by Crippen LogP contribution is 2.22. The molecule has 2 aromatic rings. The molecule has 19 heavy (non-hydrogen) atoms. The van der Waals surface area contributed by atoms with Gasteiger partial charge in [0.15, 0.2) is 0 Å². The van der Waals surface area contributed by atoms with Crippen LogP contribution in [0.2, 0.25) is 0 Å². The van der Waals surface area contributed by atoms with Crippen LogP contribution in [-0.4, -0.2) is 12.6 Å². The van der Waals surface area contributed by atoms with Crippen LogP contribution in [0.5, 0.6) is 0 Å². The van der Waals surface area contributed by atoms with E-state index in [1.54, 1.807) is 0 Å². The first-order chi connectivity index (χ1) is 9.20. The van der Waals surface area contributed by atoms with Gasteiger partial charge in [0.2, 0.25) is 0 Å². The molecule has 1 N–H and O–H groups in total. The minimum atomic E-state index is 0.571. The lowest BCUT2D eigenvalue weighted by atomic mass is 9.93. The normalized spacial score (nSPS) is 13.1. The maximum atomic E-state index is 3.56. The Hall–Kier alpha value is -1.34. The van der Waals surface area contributed by atoms with Gasteiger partial charge in [-0.1, -0.05) is 69.7 Å². The third-order valence-corrected chi connectivity index (χ3v) is 3.78. The van der Waals surface area contributed by atoms with Crippen molar-refractivity contribution in [2.75, 3.05) is 6.54 Å². The number of hydrogen-bond donors (Lipinski definition) is 1. The zero-order chi connectivity index (χ0) is 13.7. The Morgan fingerprint density at radius 3 is 2.47 bits per heavy atom. The first-order valence-corrected chi connectivity index (χ1v) is 7.40. The predicted molar refractivity (Wildman–Crippen MR) is 84.6 cm³/mol. The third kappa shape index (κ3) is 3.81. The SMILES string of the molecule is CCC(CNC(C)C)Cc1cccc2ccccc12. The van der Waals surface area contributed by atoms with Gasteiger partial charge in [-0.25, -0.2) is 0 Å². The van der Waals surface area contributed by atoms with E-state index in [1.165, 1.54) is 22.8 Å². The van der Waals surface area contributed by atoms with Crippen molar-refractivity contribution in [1.82, 2.24) is 5.32 Å². The summed E-state index contributed by atoms with van der Waals surface area (Å²) in [7, 11) is 0. The molecule has 0 saturated heterocycles. The van der Waals surface area contributed by atoms with Crippen LogP contribution in [0, 0.1) is 5.92 Å². The van der Waals surface area contributed by atoms with Crippen molar-refractivity contribution in [3.63, 3.8) is 0 Å². The van der Waals surface area contributed by atoms with E-state index in [-0.39, 0.29) is 0 Å². The first-order valence-electron chi connectivity index (χ1n) is 7.40. The van der Waals surface area contributed by atoms with E-state index in [4.69, 9.17) is 0 Å². The van der Waals surface area contributed by atoms with Crippen molar-refractivity contribution in [2.45, 2.75) is 39.7 Å².